The van der Waals surface area contributed by atoms with E-state index in [1.165, 1.54) is 12.1 Å². The summed E-state index contributed by atoms with van der Waals surface area (Å²) < 4.78 is 59.5. The van der Waals surface area contributed by atoms with E-state index in [0.717, 1.165) is 17.7 Å². The second-order valence-corrected chi connectivity index (χ2v) is 7.58. The minimum absolute atomic E-state index is 0.0894. The molecule has 0 heterocycles. The zero-order valence-corrected chi connectivity index (χ0v) is 18.8. The number of hydrogen-bond acceptors (Lipinski definition) is 6. The average Bonchev–Trinajstić information content (AvgIpc) is 2.75. The van der Waals surface area contributed by atoms with E-state index < -0.39 is 29.9 Å². The number of aliphatic hydroxyl groups is 1. The summed E-state index contributed by atoms with van der Waals surface area (Å²) in [6.07, 6.45) is -6.03. The first-order valence-electron chi connectivity index (χ1n) is 10.6. The molecule has 2 rings (SSSR count). The number of esters is 1. The third kappa shape index (κ3) is 9.31. The molecule has 0 saturated heterocycles. The zero-order valence-electron chi connectivity index (χ0n) is 18.8. The van der Waals surface area contributed by atoms with Crippen molar-refractivity contribution in [1.29, 1.82) is 0 Å². The van der Waals surface area contributed by atoms with Gasteiger partial charge in [0.15, 0.2) is 6.10 Å². The summed E-state index contributed by atoms with van der Waals surface area (Å²) in [6.45, 7) is 5.41. The minimum Gasteiger partial charge on any atom is -0.491 e. The summed E-state index contributed by atoms with van der Waals surface area (Å²) >= 11 is 0. The molecule has 0 fully saturated rings. The van der Waals surface area contributed by atoms with E-state index in [-0.39, 0.29) is 31.7 Å². The highest BCUT2D eigenvalue weighted by Crippen LogP contribution is 2.30. The SMILES string of the molecule is CCOC(=O)C(Cc1cccc(OCC(O)COc2ccc(C(F)(F)F)cc2)c1)OC(C)C. The van der Waals surface area contributed by atoms with Crippen molar-refractivity contribution >= 4 is 5.97 Å². The van der Waals surface area contributed by atoms with E-state index in [2.05, 4.69) is 0 Å². The van der Waals surface area contributed by atoms with Crippen LogP contribution >= 0.6 is 0 Å². The summed E-state index contributed by atoms with van der Waals surface area (Å²) in [5.74, 6) is 0.251. The Morgan fingerprint density at radius 1 is 1.00 bits per heavy atom. The molecular weight excluding hydrogens is 441 g/mol. The maximum absolute atomic E-state index is 12.6. The summed E-state index contributed by atoms with van der Waals surface area (Å²) in [5, 5.41) is 10.1. The number of carbonyl (C=O) groups excluding carboxylic acids is 1. The number of rotatable bonds is 12. The van der Waals surface area contributed by atoms with Crippen molar-refractivity contribution in [2.24, 2.45) is 0 Å². The van der Waals surface area contributed by atoms with Gasteiger partial charge in [-0.3, -0.25) is 0 Å². The molecule has 0 aliphatic carbocycles. The Bertz CT molecular complexity index is 867. The lowest BCUT2D eigenvalue weighted by Crippen LogP contribution is -2.31. The van der Waals surface area contributed by atoms with Crippen LogP contribution in [-0.2, 0) is 26.9 Å². The number of carbonyl (C=O) groups is 1. The second kappa shape index (κ2) is 12.5. The molecule has 2 atom stereocenters. The van der Waals surface area contributed by atoms with Crippen LogP contribution in [-0.4, -0.2) is 49.2 Å². The molecule has 0 amide bonds. The molecule has 9 heteroatoms. The van der Waals surface area contributed by atoms with Crippen LogP contribution < -0.4 is 9.47 Å². The van der Waals surface area contributed by atoms with E-state index in [0.29, 0.717) is 12.2 Å². The van der Waals surface area contributed by atoms with Crippen molar-refractivity contribution in [3.8, 4) is 11.5 Å². The lowest BCUT2D eigenvalue weighted by Gasteiger charge is -2.19. The van der Waals surface area contributed by atoms with E-state index in [9.17, 15) is 23.1 Å². The Morgan fingerprint density at radius 2 is 1.64 bits per heavy atom. The van der Waals surface area contributed by atoms with Crippen LogP contribution in [0, 0.1) is 0 Å². The highest BCUT2D eigenvalue weighted by Gasteiger charge is 2.30. The third-order valence-corrected chi connectivity index (χ3v) is 4.37. The van der Waals surface area contributed by atoms with Gasteiger partial charge in [0.25, 0.3) is 0 Å². The lowest BCUT2D eigenvalue weighted by molar-refractivity contribution is -0.159. The van der Waals surface area contributed by atoms with E-state index >= 15 is 0 Å². The summed E-state index contributed by atoms with van der Waals surface area (Å²) in [7, 11) is 0. The molecule has 2 unspecified atom stereocenters. The Balaban J connectivity index is 1.87. The van der Waals surface area contributed by atoms with Gasteiger partial charge in [-0.15, -0.1) is 0 Å². The number of alkyl halides is 3. The summed E-state index contributed by atoms with van der Waals surface area (Å²) in [4.78, 5) is 12.2. The van der Waals surface area contributed by atoms with Gasteiger partial charge in [-0.2, -0.15) is 13.2 Å². The second-order valence-electron chi connectivity index (χ2n) is 7.58. The monoisotopic (exact) mass is 470 g/mol. The molecule has 0 spiro atoms. The molecule has 1 N–H and O–H groups in total. The largest absolute Gasteiger partial charge is 0.491 e. The standard InChI is InChI=1S/C24H29F3O6/c1-4-30-23(29)22(33-16(2)3)13-17-6-5-7-21(12-17)32-15-19(28)14-31-20-10-8-18(9-11-20)24(25,26)27/h5-12,16,19,22,28H,4,13-15H2,1-3H3. The molecule has 0 aliphatic heterocycles. The van der Waals surface area contributed by atoms with Crippen molar-refractivity contribution in [2.45, 2.75) is 51.7 Å². The van der Waals surface area contributed by atoms with Gasteiger partial charge in [0.2, 0.25) is 0 Å². The molecule has 182 valence electrons. The maximum atomic E-state index is 12.6. The molecule has 33 heavy (non-hydrogen) atoms. The first-order chi connectivity index (χ1) is 15.6. The molecule has 0 bridgehead atoms. The molecular formula is C24H29F3O6. The number of halogens is 3. The third-order valence-electron chi connectivity index (χ3n) is 4.37. The van der Waals surface area contributed by atoms with Crippen LogP contribution in [0.1, 0.15) is 31.9 Å². The molecule has 0 aliphatic rings. The Labute approximate surface area is 191 Å². The van der Waals surface area contributed by atoms with Gasteiger partial charge in [0.1, 0.15) is 30.8 Å². The van der Waals surface area contributed by atoms with Crippen LogP contribution in [0.2, 0.25) is 0 Å². The predicted octanol–water partition coefficient (Wildman–Crippen LogP) is 4.42. The number of ether oxygens (including phenoxy) is 4. The first-order valence-corrected chi connectivity index (χ1v) is 10.6. The Hall–Kier alpha value is -2.78. The first kappa shape index (κ1) is 26.5. The molecule has 0 aromatic heterocycles. The maximum Gasteiger partial charge on any atom is 0.416 e. The smallest absolute Gasteiger partial charge is 0.416 e. The quantitative estimate of drug-likeness (QED) is 0.463. The molecule has 0 radical (unpaired) electrons. The lowest BCUT2D eigenvalue weighted by atomic mass is 10.1. The van der Waals surface area contributed by atoms with Crippen molar-refractivity contribution in [1.82, 2.24) is 0 Å². The van der Waals surface area contributed by atoms with Crippen molar-refractivity contribution in [2.75, 3.05) is 19.8 Å². The Kier molecular flexibility index (Phi) is 9.99. The predicted molar refractivity (Wildman–Crippen MR) is 115 cm³/mol. The summed E-state index contributed by atoms with van der Waals surface area (Å²) in [6, 6.07) is 11.2. The average molecular weight is 470 g/mol. The number of hydrogen-bond donors (Lipinski definition) is 1. The van der Waals surface area contributed by atoms with Crippen molar-refractivity contribution in [3.05, 3.63) is 59.7 Å². The summed E-state index contributed by atoms with van der Waals surface area (Å²) in [5.41, 5.74) is 0.0179. The molecule has 0 saturated carbocycles. The van der Waals surface area contributed by atoms with Crippen molar-refractivity contribution < 1.29 is 42.0 Å². The van der Waals surface area contributed by atoms with Gasteiger partial charge in [-0.1, -0.05) is 12.1 Å². The molecule has 2 aromatic carbocycles. The highest BCUT2D eigenvalue weighted by molar-refractivity contribution is 5.75. The number of benzene rings is 2. The minimum atomic E-state index is -4.42. The van der Waals surface area contributed by atoms with Crippen LogP contribution in [0.25, 0.3) is 0 Å². The fraction of sp³-hybridized carbons (Fsp3) is 0.458. The fourth-order valence-corrected chi connectivity index (χ4v) is 2.90. The van der Waals surface area contributed by atoms with Gasteiger partial charge in [-0.25, -0.2) is 4.79 Å². The van der Waals surface area contributed by atoms with Gasteiger partial charge < -0.3 is 24.1 Å². The van der Waals surface area contributed by atoms with Gasteiger partial charge in [-0.05, 0) is 62.7 Å². The topological polar surface area (TPSA) is 74.2 Å². The molecule has 6 nitrogen and oxygen atoms in total. The van der Waals surface area contributed by atoms with Gasteiger partial charge in [0, 0.05) is 6.42 Å². The van der Waals surface area contributed by atoms with E-state index in [1.807, 2.05) is 19.9 Å². The van der Waals surface area contributed by atoms with E-state index in [4.69, 9.17) is 18.9 Å². The van der Waals surface area contributed by atoms with E-state index in [1.54, 1.807) is 25.1 Å². The van der Waals surface area contributed by atoms with Crippen LogP contribution in [0.5, 0.6) is 11.5 Å². The molecule has 2 aromatic rings. The normalized spacial score (nSPS) is 13.5. The Morgan fingerprint density at radius 3 is 2.21 bits per heavy atom. The van der Waals surface area contributed by atoms with Crippen LogP contribution in [0.15, 0.2) is 48.5 Å². The zero-order chi connectivity index (χ0) is 24.4. The van der Waals surface area contributed by atoms with Crippen LogP contribution in [0.4, 0.5) is 13.2 Å². The number of aliphatic hydroxyl groups excluding tert-OH is 1. The fourth-order valence-electron chi connectivity index (χ4n) is 2.90. The van der Waals surface area contributed by atoms with Gasteiger partial charge in [0.05, 0.1) is 18.3 Å². The van der Waals surface area contributed by atoms with Gasteiger partial charge >= 0.3 is 12.1 Å². The highest BCUT2D eigenvalue weighted by atomic mass is 19.4. The van der Waals surface area contributed by atoms with Crippen LogP contribution in [0.3, 0.4) is 0 Å². The van der Waals surface area contributed by atoms with Crippen molar-refractivity contribution in [3.63, 3.8) is 0 Å².